The Morgan fingerprint density at radius 1 is 1.56 bits per heavy atom. The van der Waals surface area contributed by atoms with Gasteiger partial charge in [0, 0.05) is 6.54 Å². The van der Waals surface area contributed by atoms with Crippen molar-refractivity contribution < 1.29 is 14.6 Å². The highest BCUT2D eigenvalue weighted by Crippen LogP contribution is 2.33. The first-order valence-corrected chi connectivity index (χ1v) is 5.79. The Morgan fingerprint density at radius 3 is 2.56 bits per heavy atom. The lowest BCUT2D eigenvalue weighted by Gasteiger charge is -2.34. The Hall–Kier alpha value is -0.770. The molecule has 1 fully saturated rings. The minimum Gasteiger partial charge on any atom is -0.444 e. The number of hydrogen-bond acceptors (Lipinski definition) is 3. The summed E-state index contributed by atoms with van der Waals surface area (Å²) in [5.74, 6) is 0.407. The molecule has 0 unspecified atom stereocenters. The highest BCUT2D eigenvalue weighted by molar-refractivity contribution is 5.69. The number of amides is 1. The summed E-state index contributed by atoms with van der Waals surface area (Å²) in [6.07, 6.45) is 0.497. The molecule has 0 saturated carbocycles. The van der Waals surface area contributed by atoms with Crippen LogP contribution in [0, 0.1) is 5.92 Å². The first-order chi connectivity index (χ1) is 7.18. The van der Waals surface area contributed by atoms with Gasteiger partial charge in [-0.15, -0.1) is 0 Å². The van der Waals surface area contributed by atoms with Crippen LogP contribution in [0.1, 0.15) is 41.0 Å². The number of aliphatic hydroxyl groups is 1. The maximum atomic E-state index is 12.0. The Kier molecular flexibility index (Phi) is 3.53. The fraction of sp³-hybridized carbons (Fsp3) is 0.917. The molecule has 1 saturated heterocycles. The molecule has 0 aromatic rings. The SMILES string of the molecule is C[C@H]1CN(C(=O)OC(C)(C)C)[C@](C)(CO)C1. The molecule has 4 heteroatoms. The summed E-state index contributed by atoms with van der Waals surface area (Å²) in [6, 6.07) is 0. The van der Waals surface area contributed by atoms with Crippen molar-refractivity contribution in [2.45, 2.75) is 52.2 Å². The van der Waals surface area contributed by atoms with Crippen molar-refractivity contribution >= 4 is 6.09 Å². The van der Waals surface area contributed by atoms with Gasteiger partial charge < -0.3 is 14.7 Å². The smallest absolute Gasteiger partial charge is 0.410 e. The fourth-order valence-electron chi connectivity index (χ4n) is 2.22. The van der Waals surface area contributed by atoms with Gasteiger partial charge in [0.1, 0.15) is 5.60 Å². The summed E-state index contributed by atoms with van der Waals surface area (Å²) >= 11 is 0. The summed E-state index contributed by atoms with van der Waals surface area (Å²) in [6.45, 7) is 10.2. The quantitative estimate of drug-likeness (QED) is 0.748. The number of aliphatic hydroxyl groups excluding tert-OH is 1. The molecule has 1 amide bonds. The van der Waals surface area contributed by atoms with E-state index in [2.05, 4.69) is 6.92 Å². The van der Waals surface area contributed by atoms with Crippen molar-refractivity contribution in [2.24, 2.45) is 5.92 Å². The molecule has 1 rings (SSSR count). The number of likely N-dealkylation sites (tertiary alicyclic amines) is 1. The predicted octanol–water partition coefficient (Wildman–Crippen LogP) is 2.01. The first kappa shape index (κ1) is 13.3. The van der Waals surface area contributed by atoms with Gasteiger partial charge in [-0.05, 0) is 40.0 Å². The average molecular weight is 229 g/mol. The molecule has 0 bridgehead atoms. The number of ether oxygens (including phenoxy) is 1. The molecule has 1 aliphatic heterocycles. The number of carbonyl (C=O) groups is 1. The van der Waals surface area contributed by atoms with E-state index in [1.165, 1.54) is 0 Å². The first-order valence-electron chi connectivity index (χ1n) is 5.79. The highest BCUT2D eigenvalue weighted by Gasteiger charge is 2.44. The molecule has 0 aromatic heterocycles. The highest BCUT2D eigenvalue weighted by atomic mass is 16.6. The Morgan fingerprint density at radius 2 is 2.12 bits per heavy atom. The van der Waals surface area contributed by atoms with Gasteiger partial charge >= 0.3 is 6.09 Å². The standard InChI is InChI=1S/C12H23NO3/c1-9-6-12(5,8-14)13(7-9)10(15)16-11(2,3)4/h9,14H,6-8H2,1-5H3/t9-,12+/m1/s1. The maximum Gasteiger partial charge on any atom is 0.410 e. The summed E-state index contributed by atoms with van der Waals surface area (Å²) in [7, 11) is 0. The molecule has 16 heavy (non-hydrogen) atoms. The minimum atomic E-state index is -0.487. The van der Waals surface area contributed by atoms with E-state index in [4.69, 9.17) is 4.74 Å². The largest absolute Gasteiger partial charge is 0.444 e. The van der Waals surface area contributed by atoms with Crippen molar-refractivity contribution in [3.63, 3.8) is 0 Å². The third-order valence-electron chi connectivity index (χ3n) is 2.89. The van der Waals surface area contributed by atoms with Crippen LogP contribution in [0.2, 0.25) is 0 Å². The normalized spacial score (nSPS) is 30.6. The molecular formula is C12H23NO3. The minimum absolute atomic E-state index is 0.0173. The molecule has 0 aliphatic carbocycles. The Balaban J connectivity index is 2.75. The van der Waals surface area contributed by atoms with Crippen molar-refractivity contribution in [3.05, 3.63) is 0 Å². The monoisotopic (exact) mass is 229 g/mol. The van der Waals surface area contributed by atoms with Gasteiger partial charge in [0.05, 0.1) is 12.1 Å². The van der Waals surface area contributed by atoms with E-state index in [9.17, 15) is 9.90 Å². The third-order valence-corrected chi connectivity index (χ3v) is 2.89. The van der Waals surface area contributed by atoms with Crippen LogP contribution in [0.25, 0.3) is 0 Å². The van der Waals surface area contributed by atoms with E-state index in [-0.39, 0.29) is 12.7 Å². The molecular weight excluding hydrogens is 206 g/mol. The van der Waals surface area contributed by atoms with Crippen LogP contribution < -0.4 is 0 Å². The van der Waals surface area contributed by atoms with Gasteiger partial charge in [-0.2, -0.15) is 0 Å². The molecule has 4 nitrogen and oxygen atoms in total. The van der Waals surface area contributed by atoms with Crippen LogP contribution in [-0.4, -0.2) is 40.4 Å². The number of carbonyl (C=O) groups excluding carboxylic acids is 1. The summed E-state index contributed by atoms with van der Waals surface area (Å²) in [5, 5.41) is 9.41. The van der Waals surface area contributed by atoms with Crippen LogP contribution in [-0.2, 0) is 4.74 Å². The lowest BCUT2D eigenvalue weighted by Crippen LogP contribution is -2.49. The van der Waals surface area contributed by atoms with Gasteiger partial charge in [-0.3, -0.25) is 0 Å². The van der Waals surface area contributed by atoms with Crippen LogP contribution in [0.5, 0.6) is 0 Å². The average Bonchev–Trinajstić information content (AvgIpc) is 2.40. The summed E-state index contributed by atoms with van der Waals surface area (Å²) in [5.41, 5.74) is -0.957. The van der Waals surface area contributed by atoms with Gasteiger partial charge in [0.25, 0.3) is 0 Å². The van der Waals surface area contributed by atoms with Crippen LogP contribution >= 0.6 is 0 Å². The molecule has 0 spiro atoms. The molecule has 94 valence electrons. The molecule has 1 aliphatic rings. The fourth-order valence-corrected chi connectivity index (χ4v) is 2.22. The number of hydrogen-bond donors (Lipinski definition) is 1. The zero-order chi connectivity index (χ0) is 12.6. The molecule has 1 N–H and O–H groups in total. The summed E-state index contributed by atoms with van der Waals surface area (Å²) in [4.78, 5) is 13.6. The van der Waals surface area contributed by atoms with Gasteiger partial charge in [0.15, 0.2) is 0 Å². The van der Waals surface area contributed by atoms with Crippen LogP contribution in [0.15, 0.2) is 0 Å². The Labute approximate surface area is 97.6 Å². The van der Waals surface area contributed by atoms with Crippen LogP contribution in [0.3, 0.4) is 0 Å². The van der Waals surface area contributed by atoms with Crippen molar-refractivity contribution in [1.82, 2.24) is 4.90 Å². The van der Waals surface area contributed by atoms with Crippen molar-refractivity contribution in [3.8, 4) is 0 Å². The molecule has 1 heterocycles. The van der Waals surface area contributed by atoms with Crippen molar-refractivity contribution in [2.75, 3.05) is 13.2 Å². The lowest BCUT2D eigenvalue weighted by atomic mass is 9.96. The van der Waals surface area contributed by atoms with E-state index in [1.54, 1.807) is 4.90 Å². The van der Waals surface area contributed by atoms with Crippen molar-refractivity contribution in [1.29, 1.82) is 0 Å². The van der Waals surface area contributed by atoms with E-state index < -0.39 is 11.1 Å². The second-order valence-corrected chi connectivity index (χ2v) is 6.06. The second kappa shape index (κ2) is 4.24. The van der Waals surface area contributed by atoms with Gasteiger partial charge in [-0.1, -0.05) is 6.92 Å². The van der Waals surface area contributed by atoms with E-state index in [0.717, 1.165) is 6.42 Å². The molecule has 2 atom stereocenters. The predicted molar refractivity (Wildman–Crippen MR) is 62.2 cm³/mol. The number of rotatable bonds is 1. The van der Waals surface area contributed by atoms with Gasteiger partial charge in [-0.25, -0.2) is 4.79 Å². The second-order valence-electron chi connectivity index (χ2n) is 6.06. The molecule has 0 aromatic carbocycles. The topological polar surface area (TPSA) is 49.8 Å². The Bertz CT molecular complexity index is 272. The van der Waals surface area contributed by atoms with E-state index >= 15 is 0 Å². The van der Waals surface area contributed by atoms with Crippen LogP contribution in [0.4, 0.5) is 4.79 Å². The molecule has 0 radical (unpaired) electrons. The van der Waals surface area contributed by atoms with E-state index in [1.807, 2.05) is 27.7 Å². The van der Waals surface area contributed by atoms with Gasteiger partial charge in [0.2, 0.25) is 0 Å². The lowest BCUT2D eigenvalue weighted by molar-refractivity contribution is -0.000133. The summed E-state index contributed by atoms with van der Waals surface area (Å²) < 4.78 is 5.34. The third kappa shape index (κ3) is 2.88. The van der Waals surface area contributed by atoms with E-state index in [0.29, 0.717) is 12.5 Å². The zero-order valence-electron chi connectivity index (χ0n) is 10.9. The number of nitrogens with zero attached hydrogens (tertiary/aromatic N) is 1. The maximum absolute atomic E-state index is 12.0. The zero-order valence-corrected chi connectivity index (χ0v) is 10.9.